The van der Waals surface area contributed by atoms with Crippen LogP contribution in [0.5, 0.6) is 0 Å². The van der Waals surface area contributed by atoms with Crippen LogP contribution in [0.25, 0.3) is 10.9 Å². The molecule has 1 saturated carbocycles. The highest BCUT2D eigenvalue weighted by Crippen LogP contribution is 2.42. The number of hydrogen-bond donors (Lipinski definition) is 0. The zero-order chi connectivity index (χ0) is 15.4. The summed E-state index contributed by atoms with van der Waals surface area (Å²) >= 11 is 18.0. The van der Waals surface area contributed by atoms with Crippen molar-refractivity contribution in [3.63, 3.8) is 0 Å². The Balaban J connectivity index is 1.89. The normalized spacial score (nSPS) is 27.6. The van der Waals surface area contributed by atoms with E-state index in [1.165, 1.54) is 6.20 Å². The molecule has 4 rings (SSSR count). The summed E-state index contributed by atoms with van der Waals surface area (Å²) < 4.78 is 19.8. The highest BCUT2D eigenvalue weighted by atomic mass is 35.5. The predicted octanol–water partition coefficient (Wildman–Crippen LogP) is 3.06. The summed E-state index contributed by atoms with van der Waals surface area (Å²) in [4.78, 5) is 14.1. The molecule has 0 spiro atoms. The van der Waals surface area contributed by atoms with Crippen LogP contribution in [0.1, 0.15) is 6.42 Å². The second-order valence-electron chi connectivity index (χ2n) is 5.26. The second-order valence-corrected chi connectivity index (χ2v) is 6.46. The molecule has 1 aliphatic heterocycles. The third-order valence-electron chi connectivity index (χ3n) is 3.92. The van der Waals surface area contributed by atoms with Crippen molar-refractivity contribution in [2.24, 2.45) is 0 Å². The van der Waals surface area contributed by atoms with Gasteiger partial charge in [0.15, 0.2) is 11.0 Å². The SMILES string of the molecule is Fc1c(Cl)ncc2c(N3CCCOC4C3[C@H]4Cl)nc(Cl)nc12. The zero-order valence-corrected chi connectivity index (χ0v) is 13.4. The first kappa shape index (κ1) is 14.6. The second kappa shape index (κ2) is 5.30. The van der Waals surface area contributed by atoms with Gasteiger partial charge in [0.25, 0.3) is 0 Å². The van der Waals surface area contributed by atoms with E-state index in [0.717, 1.165) is 6.42 Å². The standard InChI is InChI=1S/C13H10Cl3FN4O/c14-6-9-10(6)22-3-1-2-21(9)12-5-4-18-11(15)7(17)8(5)19-13(16)20-12/h4,6,9-10H,1-3H2/t6-,9?,10?/m1/s1. The molecule has 2 aromatic rings. The van der Waals surface area contributed by atoms with Crippen molar-refractivity contribution in [3.05, 3.63) is 22.5 Å². The van der Waals surface area contributed by atoms with Gasteiger partial charge < -0.3 is 9.64 Å². The van der Waals surface area contributed by atoms with Gasteiger partial charge in [0.2, 0.25) is 5.28 Å². The fourth-order valence-electron chi connectivity index (χ4n) is 2.84. The monoisotopic (exact) mass is 362 g/mol. The van der Waals surface area contributed by atoms with Gasteiger partial charge in [-0.1, -0.05) is 11.6 Å². The Morgan fingerprint density at radius 2 is 2.14 bits per heavy atom. The van der Waals surface area contributed by atoms with Gasteiger partial charge in [0, 0.05) is 19.3 Å². The van der Waals surface area contributed by atoms with Crippen LogP contribution in [0.15, 0.2) is 6.20 Å². The van der Waals surface area contributed by atoms with Crippen LogP contribution in [0.2, 0.25) is 10.4 Å². The van der Waals surface area contributed by atoms with Crippen LogP contribution in [0.4, 0.5) is 10.2 Å². The summed E-state index contributed by atoms with van der Waals surface area (Å²) in [6, 6.07) is -0.00271. The number of nitrogens with zero attached hydrogens (tertiary/aromatic N) is 4. The highest BCUT2D eigenvalue weighted by molar-refractivity contribution is 6.31. The largest absolute Gasteiger partial charge is 0.374 e. The molecule has 2 fully saturated rings. The molecule has 0 radical (unpaired) electrons. The number of halogens is 4. The van der Waals surface area contributed by atoms with E-state index in [0.29, 0.717) is 24.4 Å². The number of alkyl halides is 1. The molecule has 3 atom stereocenters. The van der Waals surface area contributed by atoms with E-state index < -0.39 is 5.82 Å². The molecule has 1 aliphatic carbocycles. The number of fused-ring (bicyclic) bond motifs is 2. The molecule has 3 heterocycles. The molecule has 0 amide bonds. The third kappa shape index (κ3) is 2.21. The summed E-state index contributed by atoms with van der Waals surface area (Å²) in [5.74, 6) is -0.188. The molecule has 0 aromatic carbocycles. The maximum absolute atomic E-state index is 14.2. The minimum absolute atomic E-state index is 0.00271. The first-order chi connectivity index (χ1) is 10.6. The predicted molar refractivity (Wildman–Crippen MR) is 82.4 cm³/mol. The topological polar surface area (TPSA) is 51.1 Å². The van der Waals surface area contributed by atoms with Crippen LogP contribution in [-0.2, 0) is 4.74 Å². The van der Waals surface area contributed by atoms with Gasteiger partial charge in [0.1, 0.15) is 11.3 Å². The van der Waals surface area contributed by atoms with Gasteiger partial charge in [-0.15, -0.1) is 11.6 Å². The number of pyridine rings is 1. The Bertz CT molecular complexity index is 762. The Kier molecular flexibility index (Phi) is 3.52. The minimum Gasteiger partial charge on any atom is -0.374 e. The Hall–Kier alpha value is -0.950. The van der Waals surface area contributed by atoms with E-state index in [9.17, 15) is 4.39 Å². The van der Waals surface area contributed by atoms with Crippen LogP contribution >= 0.6 is 34.8 Å². The quantitative estimate of drug-likeness (QED) is 0.443. The average Bonchev–Trinajstić information content (AvgIpc) is 3.18. The average molecular weight is 364 g/mol. The molecule has 2 aliphatic rings. The number of rotatable bonds is 1. The van der Waals surface area contributed by atoms with Crippen molar-refractivity contribution in [1.29, 1.82) is 0 Å². The van der Waals surface area contributed by atoms with E-state index in [4.69, 9.17) is 39.5 Å². The Labute approximate surface area is 140 Å². The fourth-order valence-corrected chi connectivity index (χ4v) is 3.56. The van der Waals surface area contributed by atoms with Crippen LogP contribution < -0.4 is 4.90 Å². The van der Waals surface area contributed by atoms with E-state index in [1.807, 2.05) is 4.90 Å². The smallest absolute Gasteiger partial charge is 0.225 e. The van der Waals surface area contributed by atoms with Crippen LogP contribution in [0, 0.1) is 5.82 Å². The van der Waals surface area contributed by atoms with Crippen molar-refractivity contribution in [2.45, 2.75) is 23.9 Å². The van der Waals surface area contributed by atoms with Gasteiger partial charge in [-0.05, 0) is 18.0 Å². The minimum atomic E-state index is -0.703. The van der Waals surface area contributed by atoms with Gasteiger partial charge in [-0.25, -0.2) is 14.4 Å². The lowest BCUT2D eigenvalue weighted by atomic mass is 10.2. The number of anilines is 1. The number of hydrogen-bond acceptors (Lipinski definition) is 5. The molecule has 116 valence electrons. The molecule has 0 N–H and O–H groups in total. The summed E-state index contributed by atoms with van der Waals surface area (Å²) in [7, 11) is 0. The summed E-state index contributed by atoms with van der Waals surface area (Å²) in [6.07, 6.45) is 2.24. The molecule has 2 unspecified atom stereocenters. The highest BCUT2D eigenvalue weighted by Gasteiger charge is 2.55. The maximum atomic E-state index is 14.2. The van der Waals surface area contributed by atoms with Crippen molar-refractivity contribution in [2.75, 3.05) is 18.1 Å². The summed E-state index contributed by atoms with van der Waals surface area (Å²) in [5.41, 5.74) is 0.0588. The van der Waals surface area contributed by atoms with Gasteiger partial charge in [0.05, 0.1) is 22.9 Å². The van der Waals surface area contributed by atoms with E-state index in [1.54, 1.807) is 0 Å². The van der Waals surface area contributed by atoms with Crippen molar-refractivity contribution in [3.8, 4) is 0 Å². The molecular weight excluding hydrogens is 354 g/mol. The Morgan fingerprint density at radius 1 is 1.32 bits per heavy atom. The maximum Gasteiger partial charge on any atom is 0.225 e. The molecule has 2 aromatic heterocycles. The van der Waals surface area contributed by atoms with Crippen molar-refractivity contribution >= 4 is 51.5 Å². The molecule has 1 saturated heterocycles. The Morgan fingerprint density at radius 3 is 2.95 bits per heavy atom. The van der Waals surface area contributed by atoms with Crippen molar-refractivity contribution in [1.82, 2.24) is 15.0 Å². The van der Waals surface area contributed by atoms with E-state index in [-0.39, 0.29) is 33.5 Å². The number of aromatic nitrogens is 3. The van der Waals surface area contributed by atoms with Crippen LogP contribution in [-0.4, -0.2) is 45.6 Å². The first-order valence-electron chi connectivity index (χ1n) is 6.77. The molecule has 9 heteroatoms. The lowest BCUT2D eigenvalue weighted by Crippen LogP contribution is -2.30. The van der Waals surface area contributed by atoms with Crippen molar-refractivity contribution < 1.29 is 9.13 Å². The first-order valence-corrected chi connectivity index (χ1v) is 7.96. The summed E-state index contributed by atoms with van der Waals surface area (Å²) in [5, 5.41) is 0.0565. The van der Waals surface area contributed by atoms with Gasteiger partial charge in [-0.2, -0.15) is 4.98 Å². The summed E-state index contributed by atoms with van der Waals surface area (Å²) in [6.45, 7) is 1.33. The van der Waals surface area contributed by atoms with Crippen LogP contribution in [0.3, 0.4) is 0 Å². The van der Waals surface area contributed by atoms with E-state index in [2.05, 4.69) is 15.0 Å². The number of ether oxygens (including phenoxy) is 1. The molecule has 0 bridgehead atoms. The fraction of sp³-hybridized carbons (Fsp3) is 0.462. The zero-order valence-electron chi connectivity index (χ0n) is 11.1. The molecular formula is C13H10Cl3FN4O. The van der Waals surface area contributed by atoms with E-state index >= 15 is 0 Å². The molecule has 22 heavy (non-hydrogen) atoms. The van der Waals surface area contributed by atoms with Gasteiger partial charge >= 0.3 is 0 Å². The lowest BCUT2D eigenvalue weighted by molar-refractivity contribution is 0.124. The third-order valence-corrected chi connectivity index (χ3v) is 4.85. The van der Waals surface area contributed by atoms with Gasteiger partial charge in [-0.3, -0.25) is 0 Å². The molecule has 5 nitrogen and oxygen atoms in total. The lowest BCUT2D eigenvalue weighted by Gasteiger charge is -2.23.